The molecule has 2 aromatic rings. The Kier molecular flexibility index (Phi) is 6.15. The molecular formula is C23H26FN3O5S. The number of fused-ring (bicyclic) bond motifs is 1. The molecule has 2 heterocycles. The first-order valence-electron chi connectivity index (χ1n) is 10.8. The van der Waals surface area contributed by atoms with Crippen molar-refractivity contribution in [1.29, 1.82) is 0 Å². The van der Waals surface area contributed by atoms with Crippen LogP contribution in [0.25, 0.3) is 0 Å². The lowest BCUT2D eigenvalue weighted by Gasteiger charge is -2.31. The van der Waals surface area contributed by atoms with E-state index in [4.69, 9.17) is 4.74 Å². The third-order valence-electron chi connectivity index (χ3n) is 6.10. The van der Waals surface area contributed by atoms with E-state index in [-0.39, 0.29) is 41.5 Å². The van der Waals surface area contributed by atoms with Crippen LogP contribution in [-0.4, -0.2) is 43.7 Å². The molecular weight excluding hydrogens is 449 g/mol. The molecule has 0 spiro atoms. The normalized spacial score (nSPS) is 19.4. The lowest BCUT2D eigenvalue weighted by molar-refractivity contribution is -0.123. The summed E-state index contributed by atoms with van der Waals surface area (Å²) < 4.78 is 46.9. The quantitative estimate of drug-likeness (QED) is 0.707. The molecule has 176 valence electrons. The number of rotatable bonds is 4. The molecule has 1 fully saturated rings. The van der Waals surface area contributed by atoms with Gasteiger partial charge in [0, 0.05) is 30.8 Å². The molecule has 2 aliphatic heterocycles. The van der Waals surface area contributed by atoms with Gasteiger partial charge in [-0.3, -0.25) is 9.59 Å². The Morgan fingerprint density at radius 3 is 2.52 bits per heavy atom. The minimum absolute atomic E-state index is 0.120. The number of nitrogens with zero attached hydrogens (tertiary/aromatic N) is 1. The first-order valence-corrected chi connectivity index (χ1v) is 12.2. The Labute approximate surface area is 192 Å². The monoisotopic (exact) mass is 475 g/mol. The largest absolute Gasteiger partial charge is 0.479 e. The molecule has 0 radical (unpaired) electrons. The van der Waals surface area contributed by atoms with Crippen LogP contribution in [0.15, 0.2) is 35.2 Å². The predicted molar refractivity (Wildman–Crippen MR) is 121 cm³/mol. The number of halogens is 1. The zero-order chi connectivity index (χ0) is 23.9. The van der Waals surface area contributed by atoms with Crippen LogP contribution in [0.3, 0.4) is 0 Å². The average molecular weight is 476 g/mol. The minimum Gasteiger partial charge on any atom is -0.479 e. The van der Waals surface area contributed by atoms with E-state index in [0.29, 0.717) is 41.1 Å². The second-order valence-electron chi connectivity index (χ2n) is 8.49. The highest BCUT2D eigenvalue weighted by Crippen LogP contribution is 2.36. The molecule has 2 N–H and O–H groups in total. The number of nitrogens with one attached hydrogen (secondary N) is 2. The van der Waals surface area contributed by atoms with E-state index in [1.54, 1.807) is 26.8 Å². The number of amides is 2. The minimum atomic E-state index is -3.81. The summed E-state index contributed by atoms with van der Waals surface area (Å²) in [6.07, 6.45) is 0.0346. The van der Waals surface area contributed by atoms with Crippen molar-refractivity contribution in [3.05, 3.63) is 47.3 Å². The van der Waals surface area contributed by atoms with Crippen LogP contribution in [0, 0.1) is 25.6 Å². The zero-order valence-corrected chi connectivity index (χ0v) is 19.5. The number of anilines is 2. The Hall–Kier alpha value is -2.98. The van der Waals surface area contributed by atoms with Gasteiger partial charge in [-0.1, -0.05) is 0 Å². The predicted octanol–water partition coefficient (Wildman–Crippen LogP) is 3.20. The van der Waals surface area contributed by atoms with E-state index in [1.807, 2.05) is 0 Å². The molecule has 0 aromatic heterocycles. The van der Waals surface area contributed by atoms with Crippen LogP contribution >= 0.6 is 0 Å². The molecule has 33 heavy (non-hydrogen) atoms. The molecule has 2 amide bonds. The highest BCUT2D eigenvalue weighted by atomic mass is 32.2. The second-order valence-corrected chi connectivity index (χ2v) is 10.4. The number of hydrogen-bond acceptors (Lipinski definition) is 5. The van der Waals surface area contributed by atoms with Crippen molar-refractivity contribution in [2.45, 2.75) is 44.6 Å². The van der Waals surface area contributed by atoms with Gasteiger partial charge in [-0.15, -0.1) is 0 Å². The van der Waals surface area contributed by atoms with Crippen molar-refractivity contribution in [3.8, 4) is 5.75 Å². The fourth-order valence-electron chi connectivity index (χ4n) is 4.12. The van der Waals surface area contributed by atoms with E-state index in [0.717, 1.165) is 0 Å². The molecule has 0 bridgehead atoms. The fraction of sp³-hybridized carbons (Fsp3) is 0.391. The number of aryl methyl sites for hydroxylation is 2. The molecule has 10 heteroatoms. The smallest absolute Gasteiger partial charge is 0.265 e. The third kappa shape index (κ3) is 4.58. The van der Waals surface area contributed by atoms with Gasteiger partial charge < -0.3 is 15.4 Å². The summed E-state index contributed by atoms with van der Waals surface area (Å²) in [5.41, 5.74) is 2.11. The zero-order valence-electron chi connectivity index (χ0n) is 18.6. The van der Waals surface area contributed by atoms with Gasteiger partial charge in [0.05, 0.1) is 10.6 Å². The first kappa shape index (κ1) is 23.2. The van der Waals surface area contributed by atoms with Gasteiger partial charge in [0.2, 0.25) is 15.9 Å². The Morgan fingerprint density at radius 2 is 1.85 bits per heavy atom. The van der Waals surface area contributed by atoms with E-state index in [1.165, 1.54) is 28.6 Å². The third-order valence-corrected chi connectivity index (χ3v) is 8.14. The van der Waals surface area contributed by atoms with Crippen LogP contribution in [0.4, 0.5) is 15.8 Å². The highest BCUT2D eigenvalue weighted by Gasteiger charge is 2.34. The van der Waals surface area contributed by atoms with Crippen molar-refractivity contribution < 1.29 is 27.1 Å². The number of piperidine rings is 1. The summed E-state index contributed by atoms with van der Waals surface area (Å²) in [7, 11) is -3.81. The molecule has 1 atom stereocenters. The Bertz CT molecular complexity index is 1220. The molecule has 2 aliphatic rings. The van der Waals surface area contributed by atoms with Crippen LogP contribution in [0.2, 0.25) is 0 Å². The number of carbonyl (C=O) groups excluding carboxylic acids is 2. The van der Waals surface area contributed by atoms with Gasteiger partial charge in [-0.2, -0.15) is 4.31 Å². The van der Waals surface area contributed by atoms with Gasteiger partial charge >= 0.3 is 0 Å². The van der Waals surface area contributed by atoms with Crippen LogP contribution in [-0.2, 0) is 19.6 Å². The van der Waals surface area contributed by atoms with Crippen molar-refractivity contribution in [2.24, 2.45) is 5.92 Å². The molecule has 8 nitrogen and oxygen atoms in total. The molecule has 0 saturated carbocycles. The Morgan fingerprint density at radius 1 is 1.15 bits per heavy atom. The SMILES string of the molecule is Cc1cc(F)ccc1NC(=O)C1CCN(S(=O)(=O)c2cc3c(cc2C)NC(=O)C(C)O3)CC1. The number of ether oxygens (including phenoxy) is 1. The summed E-state index contributed by atoms with van der Waals surface area (Å²) >= 11 is 0. The van der Waals surface area contributed by atoms with E-state index >= 15 is 0 Å². The molecule has 2 aromatic carbocycles. The lowest BCUT2D eigenvalue weighted by Crippen LogP contribution is -2.41. The molecule has 1 saturated heterocycles. The number of benzene rings is 2. The summed E-state index contributed by atoms with van der Waals surface area (Å²) in [4.78, 5) is 24.6. The second kappa shape index (κ2) is 8.75. The van der Waals surface area contributed by atoms with Crippen LogP contribution in [0.1, 0.15) is 30.9 Å². The highest BCUT2D eigenvalue weighted by molar-refractivity contribution is 7.89. The summed E-state index contributed by atoms with van der Waals surface area (Å²) in [5, 5.41) is 5.54. The summed E-state index contributed by atoms with van der Waals surface area (Å²) in [5.74, 6) is -0.887. The summed E-state index contributed by atoms with van der Waals surface area (Å²) in [6.45, 7) is 5.38. The van der Waals surface area contributed by atoms with Crippen molar-refractivity contribution >= 4 is 33.2 Å². The number of sulfonamides is 1. The van der Waals surface area contributed by atoms with Crippen molar-refractivity contribution in [1.82, 2.24) is 4.31 Å². The molecule has 0 aliphatic carbocycles. The van der Waals surface area contributed by atoms with Crippen molar-refractivity contribution in [3.63, 3.8) is 0 Å². The van der Waals surface area contributed by atoms with E-state index in [9.17, 15) is 22.4 Å². The fourth-order valence-corrected chi connectivity index (χ4v) is 5.81. The first-order chi connectivity index (χ1) is 15.6. The van der Waals surface area contributed by atoms with E-state index in [2.05, 4.69) is 10.6 Å². The van der Waals surface area contributed by atoms with E-state index < -0.39 is 16.1 Å². The average Bonchev–Trinajstić information content (AvgIpc) is 2.76. The summed E-state index contributed by atoms with van der Waals surface area (Å²) in [6, 6.07) is 7.20. The number of carbonyl (C=O) groups is 2. The van der Waals surface area contributed by atoms with Crippen LogP contribution in [0.5, 0.6) is 5.75 Å². The maximum Gasteiger partial charge on any atom is 0.265 e. The maximum absolute atomic E-state index is 13.3. The lowest BCUT2D eigenvalue weighted by atomic mass is 9.97. The van der Waals surface area contributed by atoms with Gasteiger partial charge in [-0.25, -0.2) is 12.8 Å². The number of hydrogen-bond donors (Lipinski definition) is 2. The van der Waals surface area contributed by atoms with Crippen molar-refractivity contribution in [2.75, 3.05) is 23.7 Å². The Balaban J connectivity index is 1.45. The van der Waals surface area contributed by atoms with Gasteiger partial charge in [0.1, 0.15) is 11.6 Å². The van der Waals surface area contributed by atoms with Gasteiger partial charge in [0.25, 0.3) is 5.91 Å². The molecule has 4 rings (SSSR count). The standard InChI is InChI=1S/C23H26FN3O5S/c1-13-10-17(24)4-5-18(13)25-23(29)16-6-8-27(9-7-16)33(30,31)21-12-20-19(11-14(21)2)26-22(28)15(3)32-20/h4-5,10-12,15-16H,6-9H2,1-3H3,(H,25,29)(H,26,28). The van der Waals surface area contributed by atoms with Gasteiger partial charge in [-0.05, 0) is 69.0 Å². The topological polar surface area (TPSA) is 105 Å². The molecule has 1 unspecified atom stereocenters. The van der Waals surface area contributed by atoms with Gasteiger partial charge in [0.15, 0.2) is 6.10 Å². The van der Waals surface area contributed by atoms with Crippen LogP contribution < -0.4 is 15.4 Å². The maximum atomic E-state index is 13.3.